The fourth-order valence-corrected chi connectivity index (χ4v) is 4.09. The van der Waals surface area contributed by atoms with Crippen molar-refractivity contribution in [3.63, 3.8) is 0 Å². The number of methoxy groups -OCH3 is 1. The van der Waals surface area contributed by atoms with Crippen LogP contribution in [-0.2, 0) is 14.3 Å². The van der Waals surface area contributed by atoms with E-state index in [-0.39, 0.29) is 5.41 Å². The van der Waals surface area contributed by atoms with E-state index in [0.29, 0.717) is 47.1 Å². The van der Waals surface area contributed by atoms with Crippen molar-refractivity contribution in [2.45, 2.75) is 52.2 Å². The molecule has 0 N–H and O–H groups in total. The first-order valence-corrected chi connectivity index (χ1v) is 11.2. The van der Waals surface area contributed by atoms with Gasteiger partial charge in [0, 0.05) is 27.6 Å². The number of carbonyl (C=O) groups is 1. The maximum absolute atomic E-state index is 13.3. The summed E-state index contributed by atoms with van der Waals surface area (Å²) in [5.74, 6) is -0.142. The van der Waals surface area contributed by atoms with Crippen molar-refractivity contribution < 1.29 is 19.0 Å². The fourth-order valence-electron chi connectivity index (χ4n) is 3.91. The van der Waals surface area contributed by atoms with Gasteiger partial charge in [0.15, 0.2) is 0 Å². The first-order chi connectivity index (χ1) is 15.5. The van der Waals surface area contributed by atoms with E-state index in [4.69, 9.17) is 25.8 Å². The third-order valence-corrected chi connectivity index (χ3v) is 6.10. The number of halogens is 1. The third-order valence-electron chi connectivity index (χ3n) is 5.86. The predicted octanol–water partition coefficient (Wildman–Crippen LogP) is 4.75. The minimum Gasteiger partial charge on any atom is -0.495 e. The maximum atomic E-state index is 13.3. The molecular weight excluding hydrogens is 444 g/mol. The number of nitriles is 1. The summed E-state index contributed by atoms with van der Waals surface area (Å²) < 4.78 is 18.0. The molecule has 0 amide bonds. The van der Waals surface area contributed by atoms with Crippen LogP contribution in [0.2, 0.25) is 5.02 Å². The molecule has 3 rings (SSSR count). The van der Waals surface area contributed by atoms with Gasteiger partial charge < -0.3 is 14.2 Å². The maximum Gasteiger partial charge on any atom is 0.329 e. The summed E-state index contributed by atoms with van der Waals surface area (Å²) in [4.78, 5) is 26.5. The van der Waals surface area contributed by atoms with Gasteiger partial charge in [-0.2, -0.15) is 5.26 Å². The Labute approximate surface area is 198 Å². The average molecular weight is 473 g/mol. The second-order valence-electron chi connectivity index (χ2n) is 9.40. The average Bonchev–Trinajstić information content (AvgIpc) is 2.72. The van der Waals surface area contributed by atoms with Crippen molar-refractivity contribution >= 4 is 17.6 Å². The number of rotatable bonds is 7. The zero-order chi connectivity index (χ0) is 24.4. The van der Waals surface area contributed by atoms with E-state index in [2.05, 4.69) is 6.07 Å². The van der Waals surface area contributed by atoms with Gasteiger partial charge in [-0.1, -0.05) is 18.5 Å². The molecule has 0 spiro atoms. The Kier molecular flexibility index (Phi) is 7.20. The molecule has 0 radical (unpaired) electrons. The third kappa shape index (κ3) is 5.40. The zero-order valence-corrected chi connectivity index (χ0v) is 20.4. The number of esters is 1. The summed E-state index contributed by atoms with van der Waals surface area (Å²) >= 11 is 6.15. The normalized spacial score (nSPS) is 15.8. The molecule has 7 nitrogen and oxygen atoms in total. The Bertz CT molecular complexity index is 1130. The standard InChI is InChI=1S/C25H29ClN2O5/c1-6-25(14-32-15-25)11-20(23(30)33-24(2,3)4)28-13-21(31-5)19(10-22(28)29)18-9-17(26)8-7-16(18)12-27/h7-10,13,20H,6,11,14-15H2,1-5H3. The number of hydrogen-bond acceptors (Lipinski definition) is 6. The van der Waals surface area contributed by atoms with Crippen LogP contribution in [0.3, 0.4) is 0 Å². The van der Waals surface area contributed by atoms with Crippen molar-refractivity contribution in [2.75, 3.05) is 20.3 Å². The lowest BCUT2D eigenvalue weighted by atomic mass is 9.77. The first kappa shape index (κ1) is 24.8. The van der Waals surface area contributed by atoms with Crippen LogP contribution in [0.25, 0.3) is 11.1 Å². The van der Waals surface area contributed by atoms with Crippen molar-refractivity contribution in [2.24, 2.45) is 5.41 Å². The van der Waals surface area contributed by atoms with E-state index in [1.165, 1.54) is 23.9 Å². The number of nitrogens with zero attached hydrogens (tertiary/aromatic N) is 2. The molecule has 1 aliphatic heterocycles. The number of aromatic nitrogens is 1. The molecule has 8 heteroatoms. The highest BCUT2D eigenvalue weighted by molar-refractivity contribution is 6.31. The molecule has 1 saturated heterocycles. The van der Waals surface area contributed by atoms with E-state index < -0.39 is 23.2 Å². The van der Waals surface area contributed by atoms with Gasteiger partial charge in [0.1, 0.15) is 17.4 Å². The monoisotopic (exact) mass is 472 g/mol. The number of ether oxygens (including phenoxy) is 3. The van der Waals surface area contributed by atoms with Gasteiger partial charge in [-0.15, -0.1) is 0 Å². The number of pyridine rings is 1. The van der Waals surface area contributed by atoms with Crippen LogP contribution in [0.5, 0.6) is 5.75 Å². The van der Waals surface area contributed by atoms with E-state index >= 15 is 0 Å². The Morgan fingerprint density at radius 2 is 2.00 bits per heavy atom. The van der Waals surface area contributed by atoms with E-state index in [1.54, 1.807) is 39.0 Å². The molecule has 1 atom stereocenters. The van der Waals surface area contributed by atoms with Gasteiger partial charge in [-0.05, 0) is 51.8 Å². The molecule has 0 saturated carbocycles. The van der Waals surface area contributed by atoms with Crippen LogP contribution in [0, 0.1) is 16.7 Å². The van der Waals surface area contributed by atoms with Crippen molar-refractivity contribution in [1.82, 2.24) is 4.57 Å². The molecule has 1 aliphatic rings. The lowest BCUT2D eigenvalue weighted by Crippen LogP contribution is -2.46. The highest BCUT2D eigenvalue weighted by atomic mass is 35.5. The minimum absolute atomic E-state index is 0.201. The molecule has 0 bridgehead atoms. The fraction of sp³-hybridized carbons (Fsp3) is 0.480. The molecule has 1 unspecified atom stereocenters. The van der Waals surface area contributed by atoms with Gasteiger partial charge in [0.25, 0.3) is 5.56 Å². The Morgan fingerprint density at radius 1 is 1.30 bits per heavy atom. The largest absolute Gasteiger partial charge is 0.495 e. The molecule has 1 aromatic heterocycles. The van der Waals surface area contributed by atoms with Gasteiger partial charge in [0.05, 0.1) is 38.2 Å². The summed E-state index contributed by atoms with van der Waals surface area (Å²) in [6.45, 7) is 8.47. The Balaban J connectivity index is 2.13. The minimum atomic E-state index is -0.849. The molecule has 0 aliphatic carbocycles. The van der Waals surface area contributed by atoms with Crippen LogP contribution < -0.4 is 10.3 Å². The Morgan fingerprint density at radius 3 is 2.52 bits per heavy atom. The van der Waals surface area contributed by atoms with Gasteiger partial charge in [0.2, 0.25) is 0 Å². The predicted molar refractivity (Wildman–Crippen MR) is 125 cm³/mol. The summed E-state index contributed by atoms with van der Waals surface area (Å²) in [7, 11) is 1.47. The Hall–Kier alpha value is -2.82. The molecule has 176 valence electrons. The molecule has 1 aromatic carbocycles. The van der Waals surface area contributed by atoms with Crippen molar-refractivity contribution in [3.05, 3.63) is 51.4 Å². The number of hydrogen-bond donors (Lipinski definition) is 0. The van der Waals surface area contributed by atoms with Crippen LogP contribution in [0.15, 0.2) is 35.3 Å². The lowest BCUT2D eigenvalue weighted by molar-refractivity contribution is -0.166. The van der Waals surface area contributed by atoms with Crippen molar-refractivity contribution in [3.8, 4) is 22.9 Å². The highest BCUT2D eigenvalue weighted by Gasteiger charge is 2.42. The van der Waals surface area contributed by atoms with E-state index in [0.717, 1.165) is 6.42 Å². The van der Waals surface area contributed by atoms with Crippen molar-refractivity contribution in [1.29, 1.82) is 5.26 Å². The van der Waals surface area contributed by atoms with Gasteiger partial charge in [-0.25, -0.2) is 4.79 Å². The highest BCUT2D eigenvalue weighted by Crippen LogP contribution is 2.41. The molecule has 33 heavy (non-hydrogen) atoms. The smallest absolute Gasteiger partial charge is 0.329 e. The lowest BCUT2D eigenvalue weighted by Gasteiger charge is -2.43. The summed E-state index contributed by atoms with van der Waals surface area (Å²) in [5, 5.41) is 9.95. The van der Waals surface area contributed by atoms with Gasteiger partial charge >= 0.3 is 5.97 Å². The summed E-state index contributed by atoms with van der Waals surface area (Å²) in [6.07, 6.45) is 2.73. The molecule has 2 heterocycles. The second-order valence-corrected chi connectivity index (χ2v) is 9.84. The number of benzene rings is 1. The summed E-state index contributed by atoms with van der Waals surface area (Å²) in [5.41, 5.74) is -0.0446. The summed E-state index contributed by atoms with van der Waals surface area (Å²) in [6, 6.07) is 7.46. The van der Waals surface area contributed by atoms with Crippen LogP contribution in [0.1, 0.15) is 52.1 Å². The van der Waals surface area contributed by atoms with Gasteiger partial charge in [-0.3, -0.25) is 9.36 Å². The topological polar surface area (TPSA) is 90.5 Å². The van der Waals surface area contributed by atoms with Crippen LogP contribution in [-0.4, -0.2) is 36.5 Å². The van der Waals surface area contributed by atoms with Crippen LogP contribution >= 0.6 is 11.6 Å². The molecule has 2 aromatic rings. The quantitative estimate of drug-likeness (QED) is 0.540. The SMILES string of the molecule is CCC1(CC(C(=O)OC(C)(C)C)n2cc(OC)c(-c3cc(Cl)ccc3C#N)cc2=O)COC1. The zero-order valence-electron chi connectivity index (χ0n) is 19.6. The molecular formula is C25H29ClN2O5. The van der Waals surface area contributed by atoms with E-state index in [1.807, 2.05) is 6.92 Å². The van der Waals surface area contributed by atoms with Crippen LogP contribution in [0.4, 0.5) is 0 Å². The second kappa shape index (κ2) is 9.58. The number of carbonyl (C=O) groups excluding carboxylic acids is 1. The molecule has 1 fully saturated rings. The first-order valence-electron chi connectivity index (χ1n) is 10.8. The van der Waals surface area contributed by atoms with E-state index in [9.17, 15) is 14.9 Å².